The lowest BCUT2D eigenvalue weighted by Crippen LogP contribution is -2.44. The van der Waals surface area contributed by atoms with Gasteiger partial charge in [0.25, 0.3) is 5.91 Å². The van der Waals surface area contributed by atoms with Crippen LogP contribution in [0.1, 0.15) is 33.3 Å². The van der Waals surface area contributed by atoms with Crippen molar-refractivity contribution in [2.24, 2.45) is 0 Å². The molecule has 0 fully saturated rings. The summed E-state index contributed by atoms with van der Waals surface area (Å²) >= 11 is 1.34. The van der Waals surface area contributed by atoms with Crippen LogP contribution in [-0.2, 0) is 16.1 Å². The van der Waals surface area contributed by atoms with Crippen LogP contribution in [0.5, 0.6) is 5.75 Å². The molecule has 8 heteroatoms. The molecular formula is C22H18N2O5S. The number of hydrogen-bond acceptors (Lipinski definition) is 6. The molecule has 1 aliphatic rings. The summed E-state index contributed by atoms with van der Waals surface area (Å²) < 4.78 is 5.24. The molecule has 0 saturated heterocycles. The molecule has 1 N–H and O–H groups in total. The molecule has 1 atom stereocenters. The summed E-state index contributed by atoms with van der Waals surface area (Å²) in [7, 11) is 1.59. The molecule has 2 aromatic carbocycles. The Morgan fingerprint density at radius 1 is 1.20 bits per heavy atom. The number of rotatable bonds is 6. The summed E-state index contributed by atoms with van der Waals surface area (Å²) in [6, 6.07) is 14.1. The van der Waals surface area contributed by atoms with Crippen molar-refractivity contribution in [2.45, 2.75) is 18.9 Å². The molecule has 4 rings (SSSR count). The predicted molar refractivity (Wildman–Crippen MR) is 110 cm³/mol. The van der Waals surface area contributed by atoms with Gasteiger partial charge in [-0.05, 0) is 23.8 Å². The van der Waals surface area contributed by atoms with E-state index in [-0.39, 0.29) is 13.0 Å². The number of carbonyl (C=O) groups excluding carboxylic acids is 2. The number of aliphatic carboxylic acids is 1. The van der Waals surface area contributed by atoms with Crippen molar-refractivity contribution in [1.29, 1.82) is 0 Å². The highest BCUT2D eigenvalue weighted by atomic mass is 32.1. The van der Waals surface area contributed by atoms with Crippen LogP contribution in [-0.4, -0.2) is 39.9 Å². The molecule has 7 nitrogen and oxygen atoms in total. The molecule has 0 bridgehead atoms. The van der Waals surface area contributed by atoms with Crippen molar-refractivity contribution in [1.82, 2.24) is 9.88 Å². The minimum Gasteiger partial charge on any atom is -0.497 e. The van der Waals surface area contributed by atoms with Gasteiger partial charge in [-0.25, -0.2) is 4.98 Å². The summed E-state index contributed by atoms with van der Waals surface area (Å²) in [6.07, 6.45) is -0.368. The van der Waals surface area contributed by atoms with Crippen LogP contribution in [0, 0.1) is 0 Å². The zero-order chi connectivity index (χ0) is 21.3. The van der Waals surface area contributed by atoms with Gasteiger partial charge in [0, 0.05) is 16.5 Å². The summed E-state index contributed by atoms with van der Waals surface area (Å²) in [4.78, 5) is 42.9. The molecule has 0 spiro atoms. The fraction of sp³-hybridized carbons (Fsp3) is 0.182. The van der Waals surface area contributed by atoms with Crippen LogP contribution in [0.3, 0.4) is 0 Å². The fourth-order valence-corrected chi connectivity index (χ4v) is 4.31. The van der Waals surface area contributed by atoms with Crippen molar-refractivity contribution < 1.29 is 24.2 Å². The minimum atomic E-state index is -1.09. The van der Waals surface area contributed by atoms with Gasteiger partial charge in [0.15, 0.2) is 0 Å². The molecule has 1 aromatic heterocycles. The third kappa shape index (κ3) is 3.69. The molecule has 0 radical (unpaired) electrons. The van der Waals surface area contributed by atoms with E-state index in [0.29, 0.717) is 27.6 Å². The van der Waals surface area contributed by atoms with Gasteiger partial charge in [0.05, 0.1) is 31.7 Å². The van der Waals surface area contributed by atoms with Crippen LogP contribution in [0.25, 0.3) is 11.3 Å². The molecule has 0 aliphatic carbocycles. The van der Waals surface area contributed by atoms with Crippen molar-refractivity contribution >= 4 is 29.1 Å². The zero-order valence-corrected chi connectivity index (χ0v) is 16.9. The SMILES string of the molecule is COc1cccc(-c2csc(CN3C(=O)c4ccccc4C(CC(=O)O)C3=O)n2)c1. The normalized spacial score (nSPS) is 15.8. The monoisotopic (exact) mass is 422 g/mol. The Labute approximate surface area is 176 Å². The Bertz CT molecular complexity index is 1140. The second kappa shape index (κ2) is 8.08. The van der Waals surface area contributed by atoms with E-state index in [1.54, 1.807) is 31.4 Å². The van der Waals surface area contributed by atoms with Gasteiger partial charge in [0.1, 0.15) is 10.8 Å². The topological polar surface area (TPSA) is 96.8 Å². The first-order valence-corrected chi connectivity index (χ1v) is 10.1. The number of aromatic nitrogens is 1. The molecule has 2 amide bonds. The average molecular weight is 422 g/mol. The third-order valence-electron chi connectivity index (χ3n) is 4.97. The van der Waals surface area contributed by atoms with E-state index in [1.807, 2.05) is 29.6 Å². The maximum Gasteiger partial charge on any atom is 0.304 e. The number of thiazole rings is 1. The number of carbonyl (C=O) groups is 3. The van der Waals surface area contributed by atoms with E-state index in [0.717, 1.165) is 10.5 Å². The summed E-state index contributed by atoms with van der Waals surface area (Å²) in [5.74, 6) is -2.23. The number of amides is 2. The zero-order valence-electron chi connectivity index (χ0n) is 16.1. The maximum absolute atomic E-state index is 13.0. The van der Waals surface area contributed by atoms with Gasteiger partial charge < -0.3 is 9.84 Å². The van der Waals surface area contributed by atoms with E-state index in [1.165, 1.54) is 11.3 Å². The largest absolute Gasteiger partial charge is 0.497 e. The lowest BCUT2D eigenvalue weighted by molar-refractivity contribution is -0.141. The molecule has 1 aliphatic heterocycles. The Balaban J connectivity index is 1.63. The van der Waals surface area contributed by atoms with Gasteiger partial charge in [-0.2, -0.15) is 0 Å². The lowest BCUT2D eigenvalue weighted by atomic mass is 9.86. The number of imide groups is 1. The second-order valence-corrected chi connectivity index (χ2v) is 7.77. The van der Waals surface area contributed by atoms with E-state index in [4.69, 9.17) is 4.74 Å². The number of carboxylic acids is 1. The van der Waals surface area contributed by atoms with Gasteiger partial charge in [-0.1, -0.05) is 30.3 Å². The number of fused-ring (bicyclic) bond motifs is 1. The van der Waals surface area contributed by atoms with E-state index in [9.17, 15) is 19.5 Å². The van der Waals surface area contributed by atoms with Gasteiger partial charge in [-0.15, -0.1) is 11.3 Å². The van der Waals surface area contributed by atoms with Crippen LogP contribution in [0.4, 0.5) is 0 Å². The quantitative estimate of drug-likeness (QED) is 0.610. The van der Waals surface area contributed by atoms with Crippen LogP contribution >= 0.6 is 11.3 Å². The molecular weight excluding hydrogens is 404 g/mol. The molecule has 0 saturated carbocycles. The van der Waals surface area contributed by atoms with Crippen LogP contribution in [0.15, 0.2) is 53.9 Å². The molecule has 3 aromatic rings. The molecule has 152 valence electrons. The Hall–Kier alpha value is -3.52. The number of methoxy groups -OCH3 is 1. The van der Waals surface area contributed by atoms with Crippen LogP contribution < -0.4 is 4.74 Å². The van der Waals surface area contributed by atoms with E-state index >= 15 is 0 Å². The molecule has 30 heavy (non-hydrogen) atoms. The Morgan fingerprint density at radius 2 is 2.00 bits per heavy atom. The van der Waals surface area contributed by atoms with Gasteiger partial charge in [0.2, 0.25) is 5.91 Å². The van der Waals surface area contributed by atoms with Crippen molar-refractivity contribution in [3.8, 4) is 17.0 Å². The predicted octanol–water partition coefficient (Wildman–Crippen LogP) is 3.56. The van der Waals surface area contributed by atoms with Crippen molar-refractivity contribution in [3.63, 3.8) is 0 Å². The fourth-order valence-electron chi connectivity index (χ4n) is 3.52. The third-order valence-corrected chi connectivity index (χ3v) is 5.80. The molecule has 1 unspecified atom stereocenters. The standard InChI is InChI=1S/C22H18N2O5S/c1-29-14-6-4-5-13(9-14)18-12-30-19(23-18)11-24-21(27)16-8-3-2-7-15(16)17(22(24)28)10-20(25)26/h2-9,12,17H,10-11H2,1H3,(H,25,26). The van der Waals surface area contributed by atoms with Gasteiger partial charge in [-0.3, -0.25) is 19.3 Å². The van der Waals surface area contributed by atoms with Crippen LogP contribution in [0.2, 0.25) is 0 Å². The first-order valence-electron chi connectivity index (χ1n) is 9.23. The first kappa shape index (κ1) is 19.8. The maximum atomic E-state index is 13.0. The lowest BCUT2D eigenvalue weighted by Gasteiger charge is -2.31. The first-order chi connectivity index (χ1) is 14.5. The summed E-state index contributed by atoms with van der Waals surface area (Å²) in [6.45, 7) is -0.00322. The smallest absolute Gasteiger partial charge is 0.304 e. The Kier molecular flexibility index (Phi) is 5.33. The Morgan fingerprint density at radius 3 is 2.77 bits per heavy atom. The van der Waals surface area contributed by atoms with Gasteiger partial charge >= 0.3 is 5.97 Å². The highest BCUT2D eigenvalue weighted by molar-refractivity contribution is 7.09. The van der Waals surface area contributed by atoms with Crippen molar-refractivity contribution in [3.05, 3.63) is 70.0 Å². The number of nitrogens with zero attached hydrogens (tertiary/aromatic N) is 2. The highest BCUT2D eigenvalue weighted by Crippen LogP contribution is 2.33. The number of ether oxygens (including phenoxy) is 1. The number of carboxylic acid groups (broad SMARTS) is 1. The number of hydrogen-bond donors (Lipinski definition) is 1. The summed E-state index contributed by atoms with van der Waals surface area (Å²) in [5.41, 5.74) is 2.39. The minimum absolute atomic E-state index is 0.00322. The van der Waals surface area contributed by atoms with Crippen molar-refractivity contribution in [2.75, 3.05) is 7.11 Å². The average Bonchev–Trinajstić information content (AvgIpc) is 3.23. The van der Waals surface area contributed by atoms with E-state index in [2.05, 4.69) is 4.98 Å². The number of benzene rings is 2. The second-order valence-electron chi connectivity index (χ2n) is 6.83. The highest BCUT2D eigenvalue weighted by Gasteiger charge is 2.39. The summed E-state index contributed by atoms with van der Waals surface area (Å²) in [5, 5.41) is 11.7. The van der Waals surface area contributed by atoms with E-state index < -0.39 is 23.7 Å². The molecule has 2 heterocycles.